The minimum atomic E-state index is -2.74. The van der Waals surface area contributed by atoms with Gasteiger partial charge in [0.15, 0.2) is 9.84 Å². The monoisotopic (exact) mass is 293 g/mol. The SMILES string of the molecule is CC1(C)CC2(CCC2)C[N+]12CCS(=O)(=O)CC2.[Cl-]. The molecule has 2 saturated heterocycles. The first-order chi connectivity index (χ1) is 7.79. The molecule has 3 aliphatic rings. The Morgan fingerprint density at radius 2 is 1.61 bits per heavy atom. The second kappa shape index (κ2) is 4.10. The van der Waals surface area contributed by atoms with Gasteiger partial charge in [-0.05, 0) is 26.7 Å². The van der Waals surface area contributed by atoms with E-state index >= 15 is 0 Å². The zero-order valence-electron chi connectivity index (χ0n) is 11.4. The minimum Gasteiger partial charge on any atom is -1.00 e. The van der Waals surface area contributed by atoms with Crippen molar-refractivity contribution < 1.29 is 25.3 Å². The van der Waals surface area contributed by atoms with E-state index in [-0.39, 0.29) is 17.9 Å². The first-order valence-corrected chi connectivity index (χ1v) is 8.67. The molecule has 1 aliphatic carbocycles. The lowest BCUT2D eigenvalue weighted by atomic mass is 9.66. The van der Waals surface area contributed by atoms with E-state index in [4.69, 9.17) is 0 Å². The summed E-state index contributed by atoms with van der Waals surface area (Å²) in [5, 5.41) is 0. The standard InChI is InChI=1S/C13H24NO2S.ClH/c1-12(2)10-13(4-3-5-13)11-14(12)6-8-17(15,16)9-7-14;/h3-11H2,1-2H3;1H/q+1;/p-1. The summed E-state index contributed by atoms with van der Waals surface area (Å²) in [7, 11) is -2.74. The van der Waals surface area contributed by atoms with E-state index in [0.717, 1.165) is 17.6 Å². The van der Waals surface area contributed by atoms with Crippen molar-refractivity contribution in [3.63, 3.8) is 0 Å². The molecule has 0 bridgehead atoms. The third kappa shape index (κ3) is 2.01. The van der Waals surface area contributed by atoms with Crippen molar-refractivity contribution in [1.29, 1.82) is 0 Å². The summed E-state index contributed by atoms with van der Waals surface area (Å²) in [5.41, 5.74) is 0.862. The topological polar surface area (TPSA) is 34.1 Å². The van der Waals surface area contributed by atoms with E-state index in [2.05, 4.69) is 13.8 Å². The molecule has 0 aromatic heterocycles. The van der Waals surface area contributed by atoms with Gasteiger partial charge in [0.05, 0.1) is 36.7 Å². The molecule has 0 amide bonds. The van der Waals surface area contributed by atoms with Crippen molar-refractivity contribution in [2.24, 2.45) is 5.41 Å². The number of rotatable bonds is 0. The fourth-order valence-electron chi connectivity index (χ4n) is 4.61. The second-order valence-electron chi connectivity index (χ2n) is 7.25. The molecular weight excluding hydrogens is 270 g/mol. The molecule has 18 heavy (non-hydrogen) atoms. The van der Waals surface area contributed by atoms with Crippen LogP contribution >= 0.6 is 0 Å². The molecule has 0 atom stereocenters. The lowest BCUT2D eigenvalue weighted by Crippen LogP contribution is -3.00. The molecule has 0 aromatic rings. The zero-order valence-corrected chi connectivity index (χ0v) is 13.0. The van der Waals surface area contributed by atoms with Gasteiger partial charge in [-0.3, -0.25) is 0 Å². The maximum Gasteiger partial charge on any atom is 0.161 e. The Morgan fingerprint density at radius 1 is 1.06 bits per heavy atom. The molecule has 2 aliphatic heterocycles. The van der Waals surface area contributed by atoms with Crippen molar-refractivity contribution in [2.45, 2.75) is 45.1 Å². The van der Waals surface area contributed by atoms with Gasteiger partial charge in [-0.1, -0.05) is 6.42 Å². The van der Waals surface area contributed by atoms with Crippen molar-refractivity contribution in [1.82, 2.24) is 0 Å². The summed E-state index contributed by atoms with van der Waals surface area (Å²) in [4.78, 5) is 0. The number of nitrogens with zero attached hydrogens (tertiary/aromatic N) is 1. The highest BCUT2D eigenvalue weighted by atomic mass is 35.5. The van der Waals surface area contributed by atoms with Gasteiger partial charge in [0, 0.05) is 11.8 Å². The van der Waals surface area contributed by atoms with E-state index in [1.54, 1.807) is 0 Å². The summed E-state index contributed by atoms with van der Waals surface area (Å²) in [6.07, 6.45) is 5.45. The number of hydrogen-bond acceptors (Lipinski definition) is 2. The fourth-order valence-corrected chi connectivity index (χ4v) is 6.07. The average Bonchev–Trinajstić information content (AvgIpc) is 2.41. The van der Waals surface area contributed by atoms with Crippen molar-refractivity contribution in [3.05, 3.63) is 0 Å². The molecule has 0 radical (unpaired) electrons. The molecule has 5 heteroatoms. The van der Waals surface area contributed by atoms with E-state index < -0.39 is 9.84 Å². The van der Waals surface area contributed by atoms with Crippen LogP contribution in [0.25, 0.3) is 0 Å². The van der Waals surface area contributed by atoms with Crippen LogP contribution in [0.3, 0.4) is 0 Å². The van der Waals surface area contributed by atoms with Gasteiger partial charge in [0.1, 0.15) is 0 Å². The minimum absolute atomic E-state index is 0. The number of sulfone groups is 1. The predicted octanol–water partition coefficient (Wildman–Crippen LogP) is -1.41. The van der Waals surface area contributed by atoms with Crippen molar-refractivity contribution >= 4 is 9.84 Å². The van der Waals surface area contributed by atoms with Gasteiger partial charge in [-0.15, -0.1) is 0 Å². The Labute approximate surface area is 117 Å². The van der Waals surface area contributed by atoms with Crippen LogP contribution in [0.2, 0.25) is 0 Å². The van der Waals surface area contributed by atoms with Crippen LogP contribution in [0.15, 0.2) is 0 Å². The molecule has 106 valence electrons. The second-order valence-corrected chi connectivity index (χ2v) is 9.55. The van der Waals surface area contributed by atoms with Gasteiger partial charge in [0.2, 0.25) is 0 Å². The highest BCUT2D eigenvalue weighted by molar-refractivity contribution is 7.91. The lowest BCUT2D eigenvalue weighted by Gasteiger charge is -2.48. The van der Waals surface area contributed by atoms with Gasteiger partial charge in [-0.25, -0.2) is 8.42 Å². The zero-order chi connectivity index (χ0) is 12.4. The van der Waals surface area contributed by atoms with E-state index in [9.17, 15) is 8.42 Å². The highest BCUT2D eigenvalue weighted by Crippen LogP contribution is 2.57. The number of quaternary nitrogens is 1. The summed E-state index contributed by atoms with van der Waals surface area (Å²) >= 11 is 0. The van der Waals surface area contributed by atoms with Crippen LogP contribution in [-0.4, -0.2) is 49.6 Å². The Balaban J connectivity index is 0.00000120. The molecule has 0 N–H and O–H groups in total. The molecule has 0 aromatic carbocycles. The third-order valence-corrected chi connectivity index (χ3v) is 7.41. The molecule has 2 heterocycles. The summed E-state index contributed by atoms with van der Waals surface area (Å²) in [6.45, 7) is 7.68. The molecule has 2 spiro atoms. The summed E-state index contributed by atoms with van der Waals surface area (Å²) in [5.74, 6) is 0.818. The van der Waals surface area contributed by atoms with Crippen molar-refractivity contribution in [3.8, 4) is 0 Å². The first-order valence-electron chi connectivity index (χ1n) is 6.85. The number of halogens is 1. The normalized spacial score (nSPS) is 33.9. The van der Waals surface area contributed by atoms with Crippen LogP contribution < -0.4 is 12.4 Å². The Hall–Kier alpha value is 0.200. The van der Waals surface area contributed by atoms with E-state index in [1.807, 2.05) is 0 Å². The Kier molecular flexibility index (Phi) is 3.32. The van der Waals surface area contributed by atoms with Crippen LogP contribution in [0.4, 0.5) is 0 Å². The molecule has 0 unspecified atom stereocenters. The molecule has 3 nitrogen and oxygen atoms in total. The predicted molar refractivity (Wildman–Crippen MR) is 68.5 cm³/mol. The maximum absolute atomic E-state index is 11.6. The molecule has 3 fully saturated rings. The smallest absolute Gasteiger partial charge is 0.161 e. The Morgan fingerprint density at radius 3 is 2.00 bits per heavy atom. The third-order valence-electron chi connectivity index (χ3n) is 5.80. The average molecular weight is 294 g/mol. The largest absolute Gasteiger partial charge is 1.00 e. The van der Waals surface area contributed by atoms with Crippen LogP contribution in [0, 0.1) is 5.41 Å². The first kappa shape index (κ1) is 14.6. The number of hydrogen-bond donors (Lipinski definition) is 0. The summed E-state index contributed by atoms with van der Waals surface area (Å²) in [6, 6.07) is 0. The molecular formula is C13H24ClNO2S. The molecule has 3 rings (SSSR count). The van der Waals surface area contributed by atoms with Crippen LogP contribution in [0.1, 0.15) is 39.5 Å². The maximum atomic E-state index is 11.6. The van der Waals surface area contributed by atoms with Crippen LogP contribution in [-0.2, 0) is 9.84 Å². The molecule has 1 saturated carbocycles. The fraction of sp³-hybridized carbons (Fsp3) is 1.00. The van der Waals surface area contributed by atoms with Crippen molar-refractivity contribution in [2.75, 3.05) is 31.1 Å². The van der Waals surface area contributed by atoms with Gasteiger partial charge < -0.3 is 16.9 Å². The quantitative estimate of drug-likeness (QED) is 0.514. The Bertz CT molecular complexity index is 426. The summed E-state index contributed by atoms with van der Waals surface area (Å²) < 4.78 is 24.3. The van der Waals surface area contributed by atoms with Gasteiger partial charge >= 0.3 is 0 Å². The highest BCUT2D eigenvalue weighted by Gasteiger charge is 2.62. The lowest BCUT2D eigenvalue weighted by molar-refractivity contribution is -0.959. The van der Waals surface area contributed by atoms with E-state index in [1.165, 1.54) is 32.2 Å². The van der Waals surface area contributed by atoms with Gasteiger partial charge in [-0.2, -0.15) is 0 Å². The van der Waals surface area contributed by atoms with Crippen LogP contribution in [0.5, 0.6) is 0 Å². The van der Waals surface area contributed by atoms with Gasteiger partial charge in [0.25, 0.3) is 0 Å². The van der Waals surface area contributed by atoms with E-state index in [0.29, 0.717) is 16.9 Å².